The Hall–Kier alpha value is -5.64. The highest BCUT2D eigenvalue weighted by Gasteiger charge is 2.06. The van der Waals surface area contributed by atoms with Crippen molar-refractivity contribution >= 4 is 41.5 Å². The lowest BCUT2D eigenvalue weighted by molar-refractivity contribution is -0.138. The smallest absolute Gasteiger partial charge is 0.330 e. The summed E-state index contributed by atoms with van der Waals surface area (Å²) in [5.41, 5.74) is 2.90. The van der Waals surface area contributed by atoms with E-state index in [4.69, 9.17) is 23.7 Å². The van der Waals surface area contributed by atoms with Crippen LogP contribution in [0.1, 0.15) is 36.8 Å². The molecule has 0 fully saturated rings. The molecule has 0 spiro atoms. The van der Waals surface area contributed by atoms with E-state index >= 15 is 0 Å². The first kappa shape index (κ1) is 35.8. The van der Waals surface area contributed by atoms with Crippen molar-refractivity contribution in [3.8, 4) is 17.2 Å². The number of unbranched alkanes of at least 4 members (excludes halogenated alkanes) is 2. The Kier molecular flexibility index (Phi) is 15.6. The number of rotatable bonds is 20. The largest absolute Gasteiger partial charge is 0.494 e. The molecular weight excluding hydrogens is 600 g/mol. The second kappa shape index (κ2) is 20.4. The number of ether oxygens (including phenoxy) is 5. The van der Waals surface area contributed by atoms with Crippen LogP contribution in [0.15, 0.2) is 103 Å². The van der Waals surface area contributed by atoms with Gasteiger partial charge in [-0.3, -0.25) is 9.79 Å². The third kappa shape index (κ3) is 13.9. The van der Waals surface area contributed by atoms with Crippen molar-refractivity contribution in [3.63, 3.8) is 0 Å². The number of esters is 2. The summed E-state index contributed by atoms with van der Waals surface area (Å²) in [6, 6.07) is 20.1. The average molecular weight is 641 g/mol. The molecule has 10 nitrogen and oxygen atoms in total. The Bertz CT molecular complexity index is 1530. The van der Waals surface area contributed by atoms with E-state index in [1.54, 1.807) is 37.6 Å². The number of benzene rings is 3. The molecule has 0 aromatic heterocycles. The van der Waals surface area contributed by atoms with Gasteiger partial charge in [-0.25, -0.2) is 9.59 Å². The van der Waals surface area contributed by atoms with Gasteiger partial charge < -0.3 is 29.0 Å². The van der Waals surface area contributed by atoms with Crippen LogP contribution >= 0.6 is 0 Å². The summed E-state index contributed by atoms with van der Waals surface area (Å²) in [6.45, 7) is 8.40. The van der Waals surface area contributed by atoms with Crippen LogP contribution in [0, 0.1) is 0 Å². The van der Waals surface area contributed by atoms with Gasteiger partial charge >= 0.3 is 11.9 Å². The summed E-state index contributed by atoms with van der Waals surface area (Å²) in [5, 5.41) is 2.84. The molecule has 0 saturated heterocycles. The van der Waals surface area contributed by atoms with Crippen molar-refractivity contribution < 1.29 is 38.1 Å². The summed E-state index contributed by atoms with van der Waals surface area (Å²) in [6.07, 6.45) is 10.1. The second-order valence-corrected chi connectivity index (χ2v) is 9.96. The highest BCUT2D eigenvalue weighted by molar-refractivity contribution is 6.02. The van der Waals surface area contributed by atoms with E-state index in [0.29, 0.717) is 62.1 Å². The predicted molar refractivity (Wildman–Crippen MR) is 183 cm³/mol. The summed E-state index contributed by atoms with van der Waals surface area (Å²) < 4.78 is 26.8. The molecule has 3 rings (SSSR count). The minimum absolute atomic E-state index is 0.292. The molecule has 0 aliphatic rings. The lowest BCUT2D eigenvalue weighted by Gasteiger charge is -2.08. The molecule has 3 aromatic carbocycles. The summed E-state index contributed by atoms with van der Waals surface area (Å²) in [5.74, 6) is 0.815. The number of hydrogen-bond donors (Lipinski definition) is 1. The van der Waals surface area contributed by atoms with Crippen molar-refractivity contribution in [1.29, 1.82) is 0 Å². The van der Waals surface area contributed by atoms with E-state index in [1.165, 1.54) is 6.08 Å². The zero-order chi connectivity index (χ0) is 33.7. The van der Waals surface area contributed by atoms with Gasteiger partial charge in [0.05, 0.1) is 33.5 Å². The van der Waals surface area contributed by atoms with Gasteiger partial charge in [-0.1, -0.05) is 25.3 Å². The van der Waals surface area contributed by atoms with Crippen molar-refractivity contribution in [1.82, 2.24) is 0 Å². The van der Waals surface area contributed by atoms with Gasteiger partial charge in [0, 0.05) is 36.2 Å². The molecule has 0 aliphatic heterocycles. The molecule has 0 atom stereocenters. The minimum Gasteiger partial charge on any atom is -0.494 e. The number of nitrogens with one attached hydrogen (secondary N) is 1. The summed E-state index contributed by atoms with van der Waals surface area (Å²) in [4.78, 5) is 39.1. The fraction of sp³-hybridized carbons (Fsp3) is 0.243. The van der Waals surface area contributed by atoms with Crippen LogP contribution in [0.4, 0.5) is 11.4 Å². The quantitative estimate of drug-likeness (QED) is 0.0615. The first-order valence-corrected chi connectivity index (χ1v) is 15.2. The Balaban J connectivity index is 1.42. The van der Waals surface area contributed by atoms with E-state index in [-0.39, 0.29) is 5.91 Å². The molecule has 246 valence electrons. The first-order valence-electron chi connectivity index (χ1n) is 15.2. The number of carbonyl (C=O) groups excluding carboxylic acids is 3. The number of aliphatic imine (C=N–C) groups is 1. The molecule has 0 bridgehead atoms. The number of anilines is 1. The molecule has 1 N–H and O–H groups in total. The molecule has 0 aliphatic carbocycles. The van der Waals surface area contributed by atoms with Crippen LogP contribution in [-0.2, 0) is 23.9 Å². The zero-order valence-corrected chi connectivity index (χ0v) is 26.5. The van der Waals surface area contributed by atoms with E-state index < -0.39 is 11.9 Å². The van der Waals surface area contributed by atoms with Gasteiger partial charge in [0.1, 0.15) is 22.9 Å². The van der Waals surface area contributed by atoms with Crippen LogP contribution in [0.25, 0.3) is 6.08 Å². The SMILES string of the molecule is C=CC(=O)OCCCCOc1ccc(C=CC(=O)Nc2ccc(N=Cc3ccc(OCCCCOC(=O)C=C)cc3)c(OC)c2)cc1. The van der Waals surface area contributed by atoms with Gasteiger partial charge in [0.15, 0.2) is 0 Å². The highest BCUT2D eigenvalue weighted by Crippen LogP contribution is 2.30. The monoisotopic (exact) mass is 640 g/mol. The zero-order valence-electron chi connectivity index (χ0n) is 26.5. The number of methoxy groups -OCH3 is 1. The Morgan fingerprint density at radius 3 is 1.79 bits per heavy atom. The third-order valence-corrected chi connectivity index (χ3v) is 6.42. The molecule has 0 unspecified atom stereocenters. The summed E-state index contributed by atoms with van der Waals surface area (Å²) in [7, 11) is 1.55. The topological polar surface area (TPSA) is 122 Å². The van der Waals surface area contributed by atoms with Crippen LogP contribution in [0.3, 0.4) is 0 Å². The lowest BCUT2D eigenvalue weighted by Crippen LogP contribution is -2.07. The van der Waals surface area contributed by atoms with Crippen molar-refractivity contribution in [2.24, 2.45) is 4.99 Å². The van der Waals surface area contributed by atoms with E-state index in [2.05, 4.69) is 23.5 Å². The van der Waals surface area contributed by atoms with Crippen molar-refractivity contribution in [3.05, 3.63) is 109 Å². The third-order valence-electron chi connectivity index (χ3n) is 6.42. The van der Waals surface area contributed by atoms with Gasteiger partial charge in [-0.15, -0.1) is 0 Å². The number of carbonyl (C=O) groups is 3. The predicted octanol–water partition coefficient (Wildman–Crippen LogP) is 6.87. The number of nitrogens with zero attached hydrogens (tertiary/aromatic N) is 1. The normalized spacial score (nSPS) is 10.7. The number of amides is 1. The molecule has 10 heteroatoms. The Morgan fingerprint density at radius 1 is 0.723 bits per heavy atom. The Labute approximate surface area is 275 Å². The Morgan fingerprint density at radius 2 is 1.26 bits per heavy atom. The van der Waals surface area contributed by atoms with Crippen LogP contribution in [-0.4, -0.2) is 57.6 Å². The van der Waals surface area contributed by atoms with Gasteiger partial charge in [-0.05, 0) is 91.4 Å². The molecule has 1 amide bonds. The maximum Gasteiger partial charge on any atom is 0.330 e. The maximum absolute atomic E-state index is 12.6. The lowest BCUT2D eigenvalue weighted by atomic mass is 10.2. The average Bonchev–Trinajstić information content (AvgIpc) is 3.10. The van der Waals surface area contributed by atoms with E-state index in [9.17, 15) is 14.4 Å². The fourth-order valence-corrected chi connectivity index (χ4v) is 3.94. The van der Waals surface area contributed by atoms with Crippen molar-refractivity contribution in [2.75, 3.05) is 38.9 Å². The molecule has 0 heterocycles. The van der Waals surface area contributed by atoms with E-state index in [1.807, 2.05) is 48.5 Å². The van der Waals surface area contributed by atoms with Crippen molar-refractivity contribution in [2.45, 2.75) is 25.7 Å². The number of hydrogen-bond acceptors (Lipinski definition) is 9. The standard InChI is InChI=1S/C37H40N2O8/c1-4-36(41)46-24-8-6-22-44-31-16-10-28(11-17-31)14-21-35(40)39-30-15-20-33(34(26-30)43-3)38-27-29-12-18-32(19-13-29)45-23-7-9-25-47-37(42)5-2/h4-5,10-21,26-27H,1-2,6-9,22-25H2,3H3,(H,39,40). The summed E-state index contributed by atoms with van der Waals surface area (Å²) >= 11 is 0. The van der Waals surface area contributed by atoms with E-state index in [0.717, 1.165) is 41.9 Å². The van der Waals surface area contributed by atoms with Crippen LogP contribution < -0.4 is 19.5 Å². The van der Waals surface area contributed by atoms with Gasteiger partial charge in [0.2, 0.25) is 5.91 Å². The minimum atomic E-state index is -0.426. The molecule has 47 heavy (non-hydrogen) atoms. The first-order chi connectivity index (χ1) is 22.9. The molecule has 3 aromatic rings. The van der Waals surface area contributed by atoms with Gasteiger partial charge in [0.25, 0.3) is 0 Å². The molecule has 0 saturated carbocycles. The molecule has 0 radical (unpaired) electrons. The molecular formula is C37H40N2O8. The van der Waals surface area contributed by atoms with Crippen LogP contribution in [0.2, 0.25) is 0 Å². The highest BCUT2D eigenvalue weighted by atomic mass is 16.5. The maximum atomic E-state index is 12.6. The van der Waals surface area contributed by atoms with Crippen LogP contribution in [0.5, 0.6) is 17.2 Å². The van der Waals surface area contributed by atoms with Gasteiger partial charge in [-0.2, -0.15) is 0 Å². The second-order valence-electron chi connectivity index (χ2n) is 9.96. The fourth-order valence-electron chi connectivity index (χ4n) is 3.94.